The van der Waals surface area contributed by atoms with Crippen molar-refractivity contribution in [3.05, 3.63) is 78.1 Å². The average molecular weight is 334 g/mol. The summed E-state index contributed by atoms with van der Waals surface area (Å²) in [7, 11) is 1.69. The van der Waals surface area contributed by atoms with Gasteiger partial charge < -0.3 is 18.9 Å². The SMILES string of the molecule is COc1ccc(N2CCO[C@@H]2c2ccn(-c3cccc(C)c3)c2)cc1. The number of hydrogen-bond donors (Lipinski definition) is 0. The zero-order valence-corrected chi connectivity index (χ0v) is 14.6. The summed E-state index contributed by atoms with van der Waals surface area (Å²) in [6.07, 6.45) is 4.19. The van der Waals surface area contributed by atoms with E-state index in [9.17, 15) is 0 Å². The van der Waals surface area contributed by atoms with Crippen LogP contribution in [0, 0.1) is 6.92 Å². The van der Waals surface area contributed by atoms with Crippen LogP contribution in [0.3, 0.4) is 0 Å². The number of hydrogen-bond acceptors (Lipinski definition) is 3. The molecule has 2 heterocycles. The van der Waals surface area contributed by atoms with Crippen LogP contribution in [0.15, 0.2) is 67.0 Å². The highest BCUT2D eigenvalue weighted by atomic mass is 16.5. The number of aryl methyl sites for hydroxylation is 1. The van der Waals surface area contributed by atoms with Crippen LogP contribution < -0.4 is 9.64 Å². The maximum Gasteiger partial charge on any atom is 0.158 e. The van der Waals surface area contributed by atoms with Crippen LogP contribution in [0.2, 0.25) is 0 Å². The van der Waals surface area contributed by atoms with Gasteiger partial charge in [0.15, 0.2) is 6.23 Å². The largest absolute Gasteiger partial charge is 0.497 e. The molecule has 1 atom stereocenters. The first-order valence-electron chi connectivity index (χ1n) is 8.52. The number of methoxy groups -OCH3 is 1. The summed E-state index contributed by atoms with van der Waals surface area (Å²) in [5, 5.41) is 0. The predicted octanol–water partition coefficient (Wildman–Crippen LogP) is 4.33. The van der Waals surface area contributed by atoms with E-state index in [-0.39, 0.29) is 6.23 Å². The molecule has 128 valence electrons. The normalized spacial score (nSPS) is 17.0. The van der Waals surface area contributed by atoms with Gasteiger partial charge in [0.2, 0.25) is 0 Å². The Balaban J connectivity index is 1.60. The van der Waals surface area contributed by atoms with Gasteiger partial charge >= 0.3 is 0 Å². The topological polar surface area (TPSA) is 26.6 Å². The first-order chi connectivity index (χ1) is 12.2. The molecule has 2 aromatic carbocycles. The third-order valence-corrected chi connectivity index (χ3v) is 4.60. The number of rotatable bonds is 4. The first kappa shape index (κ1) is 15.8. The fourth-order valence-corrected chi connectivity index (χ4v) is 3.29. The van der Waals surface area contributed by atoms with Gasteiger partial charge in [0.05, 0.1) is 13.7 Å². The molecule has 3 aromatic rings. The molecule has 1 fully saturated rings. The lowest BCUT2D eigenvalue weighted by atomic mass is 10.2. The van der Waals surface area contributed by atoms with Gasteiger partial charge in [0.1, 0.15) is 5.75 Å². The third-order valence-electron chi connectivity index (χ3n) is 4.60. The second kappa shape index (κ2) is 6.65. The predicted molar refractivity (Wildman–Crippen MR) is 99.5 cm³/mol. The van der Waals surface area contributed by atoms with Gasteiger partial charge in [-0.05, 0) is 55.0 Å². The maximum absolute atomic E-state index is 6.02. The molecule has 1 saturated heterocycles. The van der Waals surface area contributed by atoms with E-state index in [1.165, 1.54) is 11.3 Å². The number of benzene rings is 2. The summed E-state index contributed by atoms with van der Waals surface area (Å²) >= 11 is 0. The molecule has 4 rings (SSSR count). The molecule has 1 aromatic heterocycles. The fraction of sp³-hybridized carbons (Fsp3) is 0.238. The molecule has 0 N–H and O–H groups in total. The molecule has 0 radical (unpaired) electrons. The molecular formula is C21H22N2O2. The minimum atomic E-state index is -0.0561. The highest BCUT2D eigenvalue weighted by molar-refractivity contribution is 5.51. The quantitative estimate of drug-likeness (QED) is 0.710. The Kier molecular flexibility index (Phi) is 4.20. The third kappa shape index (κ3) is 3.13. The molecule has 0 spiro atoms. The molecule has 25 heavy (non-hydrogen) atoms. The smallest absolute Gasteiger partial charge is 0.158 e. The maximum atomic E-state index is 6.02. The minimum Gasteiger partial charge on any atom is -0.497 e. The summed E-state index contributed by atoms with van der Waals surface area (Å²) < 4.78 is 13.4. The fourth-order valence-electron chi connectivity index (χ4n) is 3.29. The van der Waals surface area contributed by atoms with Crippen LogP contribution in [-0.4, -0.2) is 24.8 Å². The van der Waals surface area contributed by atoms with Gasteiger partial charge in [-0.1, -0.05) is 12.1 Å². The van der Waals surface area contributed by atoms with Gasteiger partial charge in [-0.2, -0.15) is 0 Å². The molecule has 0 saturated carbocycles. The van der Waals surface area contributed by atoms with Crippen molar-refractivity contribution in [1.29, 1.82) is 0 Å². The number of ether oxygens (including phenoxy) is 2. The Bertz CT molecular complexity index is 854. The molecular weight excluding hydrogens is 312 g/mol. The van der Waals surface area contributed by atoms with Gasteiger partial charge in [0, 0.05) is 35.9 Å². The summed E-state index contributed by atoms with van der Waals surface area (Å²) in [6.45, 7) is 3.72. The van der Waals surface area contributed by atoms with E-state index in [1.807, 2.05) is 12.1 Å². The lowest BCUT2D eigenvalue weighted by molar-refractivity contribution is 0.114. The van der Waals surface area contributed by atoms with Gasteiger partial charge in [0.25, 0.3) is 0 Å². The number of aromatic nitrogens is 1. The van der Waals surface area contributed by atoms with Gasteiger partial charge in [-0.25, -0.2) is 0 Å². The summed E-state index contributed by atoms with van der Waals surface area (Å²) in [6, 6.07) is 18.8. The van der Waals surface area contributed by atoms with E-state index < -0.39 is 0 Å². The van der Waals surface area contributed by atoms with Crippen molar-refractivity contribution in [3.8, 4) is 11.4 Å². The zero-order chi connectivity index (χ0) is 17.2. The lowest BCUT2D eigenvalue weighted by Crippen LogP contribution is -2.22. The monoisotopic (exact) mass is 334 g/mol. The summed E-state index contributed by atoms with van der Waals surface area (Å²) in [5.41, 5.74) is 4.73. The van der Waals surface area contributed by atoms with Crippen LogP contribution in [0.25, 0.3) is 5.69 Å². The van der Waals surface area contributed by atoms with E-state index in [0.717, 1.165) is 30.2 Å². The van der Waals surface area contributed by atoms with E-state index in [4.69, 9.17) is 9.47 Å². The van der Waals surface area contributed by atoms with Crippen molar-refractivity contribution in [2.45, 2.75) is 13.2 Å². The molecule has 4 nitrogen and oxygen atoms in total. The molecule has 0 unspecified atom stereocenters. The second-order valence-electron chi connectivity index (χ2n) is 6.31. The van der Waals surface area contributed by atoms with Crippen molar-refractivity contribution in [3.63, 3.8) is 0 Å². The lowest BCUT2D eigenvalue weighted by Gasteiger charge is -2.24. The van der Waals surface area contributed by atoms with Gasteiger partial charge in [-0.15, -0.1) is 0 Å². The first-order valence-corrected chi connectivity index (χ1v) is 8.52. The van der Waals surface area contributed by atoms with Crippen LogP contribution in [0.1, 0.15) is 17.4 Å². The Morgan fingerprint density at radius 2 is 1.88 bits per heavy atom. The van der Waals surface area contributed by atoms with Crippen LogP contribution in [0.5, 0.6) is 5.75 Å². The van der Waals surface area contributed by atoms with Crippen LogP contribution >= 0.6 is 0 Å². The van der Waals surface area contributed by atoms with Crippen molar-refractivity contribution in [1.82, 2.24) is 4.57 Å². The summed E-state index contributed by atoms with van der Waals surface area (Å²) in [5.74, 6) is 0.867. The molecule has 4 heteroatoms. The Hall–Kier alpha value is -2.72. The summed E-state index contributed by atoms with van der Waals surface area (Å²) in [4.78, 5) is 2.29. The van der Waals surface area contributed by atoms with Crippen LogP contribution in [-0.2, 0) is 4.74 Å². The van der Waals surface area contributed by atoms with Crippen molar-refractivity contribution in [2.75, 3.05) is 25.2 Å². The van der Waals surface area contributed by atoms with Crippen LogP contribution in [0.4, 0.5) is 5.69 Å². The Morgan fingerprint density at radius 3 is 2.64 bits per heavy atom. The van der Waals surface area contributed by atoms with Gasteiger partial charge in [-0.3, -0.25) is 0 Å². The van der Waals surface area contributed by atoms with E-state index in [1.54, 1.807) is 7.11 Å². The molecule has 1 aliphatic rings. The number of anilines is 1. The standard InChI is InChI=1S/C21H22N2O2/c1-16-4-3-5-19(14-16)22-11-10-17(15-22)21-23(12-13-25-21)18-6-8-20(24-2)9-7-18/h3-11,14-15,21H,12-13H2,1-2H3/t21-/m1/s1. The second-order valence-corrected chi connectivity index (χ2v) is 6.31. The van der Waals surface area contributed by atoms with E-state index in [2.05, 4.69) is 71.2 Å². The Labute approximate surface area is 148 Å². The average Bonchev–Trinajstić information content (AvgIpc) is 3.31. The molecule has 0 bridgehead atoms. The number of nitrogens with zero attached hydrogens (tertiary/aromatic N) is 2. The Morgan fingerprint density at radius 1 is 1.04 bits per heavy atom. The van der Waals surface area contributed by atoms with E-state index >= 15 is 0 Å². The molecule has 1 aliphatic heterocycles. The van der Waals surface area contributed by atoms with Crippen molar-refractivity contribution >= 4 is 5.69 Å². The minimum absolute atomic E-state index is 0.0561. The van der Waals surface area contributed by atoms with Crippen molar-refractivity contribution < 1.29 is 9.47 Å². The molecule has 0 amide bonds. The van der Waals surface area contributed by atoms with Crippen molar-refractivity contribution in [2.24, 2.45) is 0 Å². The highest BCUT2D eigenvalue weighted by Gasteiger charge is 2.28. The highest BCUT2D eigenvalue weighted by Crippen LogP contribution is 2.33. The molecule has 0 aliphatic carbocycles. The zero-order valence-electron chi connectivity index (χ0n) is 14.6. The van der Waals surface area contributed by atoms with E-state index in [0.29, 0.717) is 0 Å².